The number of amides is 1. The fourth-order valence-corrected chi connectivity index (χ4v) is 8.43. The van der Waals surface area contributed by atoms with Crippen molar-refractivity contribution in [3.63, 3.8) is 0 Å². The standard InChI is InChI=1S/C30H39N5O4S2/c1-18(2)39-30(36)33-21-8-6-20(7-9-21)29-31-17-25(40-29)24-13-10-22(16-26(24)41(37)23-11-12-23)32-27-15-19(3)35(34-27)28-5-4-14-38-28/h10,13,15-18,20-21,23,28H,4-9,11-12,14H2,1-3H3,(H,32,34)(H,33,36). The Kier molecular flexibility index (Phi) is 8.57. The molecule has 2 N–H and O–H groups in total. The Bertz CT molecular complexity index is 1360. The molecule has 2 atom stereocenters. The van der Waals surface area contributed by atoms with Gasteiger partial charge in [0.05, 0.1) is 16.0 Å². The summed E-state index contributed by atoms with van der Waals surface area (Å²) in [4.78, 5) is 18.7. The number of carbonyl (C=O) groups excluding carboxylic acids is 1. The largest absolute Gasteiger partial charge is 0.611 e. The lowest BCUT2D eigenvalue weighted by atomic mass is 9.86. The lowest BCUT2D eigenvalue weighted by Gasteiger charge is -2.28. The number of nitrogens with zero attached hydrogens (tertiary/aromatic N) is 3. The highest BCUT2D eigenvalue weighted by Crippen LogP contribution is 2.43. The van der Waals surface area contributed by atoms with Crippen molar-refractivity contribution in [1.29, 1.82) is 0 Å². The second-order valence-electron chi connectivity index (χ2n) is 11.6. The molecule has 11 heteroatoms. The predicted octanol–water partition coefficient (Wildman–Crippen LogP) is 6.80. The molecule has 0 bridgehead atoms. The maximum atomic E-state index is 13.5. The number of anilines is 2. The molecular weight excluding hydrogens is 558 g/mol. The third-order valence-corrected chi connectivity index (χ3v) is 11.0. The van der Waals surface area contributed by atoms with E-state index in [1.807, 2.05) is 49.8 Å². The molecule has 1 saturated heterocycles. The van der Waals surface area contributed by atoms with Crippen LogP contribution in [0, 0.1) is 6.92 Å². The number of rotatable bonds is 9. The van der Waals surface area contributed by atoms with E-state index in [9.17, 15) is 9.35 Å². The molecule has 2 aliphatic carbocycles. The van der Waals surface area contributed by atoms with Crippen LogP contribution in [0.4, 0.5) is 16.3 Å². The minimum Gasteiger partial charge on any atom is -0.611 e. The first-order valence-corrected chi connectivity index (χ1v) is 16.8. The normalized spacial score (nSPS) is 23.5. The molecule has 9 nitrogen and oxygen atoms in total. The van der Waals surface area contributed by atoms with Crippen LogP contribution in [-0.4, -0.2) is 49.4 Å². The molecule has 1 aromatic carbocycles. The van der Waals surface area contributed by atoms with Crippen molar-refractivity contribution >= 4 is 40.1 Å². The van der Waals surface area contributed by atoms with Gasteiger partial charge < -0.3 is 24.7 Å². The molecule has 6 rings (SSSR count). The quantitative estimate of drug-likeness (QED) is 0.261. The summed E-state index contributed by atoms with van der Waals surface area (Å²) >= 11 is 0.627. The number of hydrogen-bond donors (Lipinski definition) is 2. The molecule has 3 aliphatic rings. The highest BCUT2D eigenvalue weighted by molar-refractivity contribution is 7.92. The fourth-order valence-electron chi connectivity index (χ4n) is 5.67. The minimum absolute atomic E-state index is 0.000854. The van der Waals surface area contributed by atoms with E-state index in [2.05, 4.69) is 16.7 Å². The number of nitrogens with one attached hydrogen (secondary N) is 2. The first-order valence-electron chi connectivity index (χ1n) is 14.8. The van der Waals surface area contributed by atoms with Crippen molar-refractivity contribution in [3.8, 4) is 10.4 Å². The van der Waals surface area contributed by atoms with Crippen molar-refractivity contribution in [2.24, 2.45) is 0 Å². The predicted molar refractivity (Wildman–Crippen MR) is 161 cm³/mol. The number of carbonyl (C=O) groups is 1. The first kappa shape index (κ1) is 28.5. The molecule has 2 saturated carbocycles. The molecule has 2 aromatic heterocycles. The Balaban J connectivity index is 1.16. The number of benzene rings is 1. The van der Waals surface area contributed by atoms with Crippen molar-refractivity contribution in [3.05, 3.63) is 41.2 Å². The van der Waals surface area contributed by atoms with Crippen LogP contribution in [0.25, 0.3) is 10.4 Å². The molecule has 3 fully saturated rings. The molecule has 41 heavy (non-hydrogen) atoms. The van der Waals surface area contributed by atoms with Gasteiger partial charge in [0.25, 0.3) is 0 Å². The van der Waals surface area contributed by atoms with E-state index in [4.69, 9.17) is 19.6 Å². The monoisotopic (exact) mass is 597 g/mol. The summed E-state index contributed by atoms with van der Waals surface area (Å²) in [6.45, 7) is 6.53. The van der Waals surface area contributed by atoms with Gasteiger partial charge in [-0.15, -0.1) is 11.3 Å². The molecule has 2 unspecified atom stereocenters. The van der Waals surface area contributed by atoms with E-state index in [0.29, 0.717) is 5.92 Å². The van der Waals surface area contributed by atoms with Gasteiger partial charge in [0, 0.05) is 66.7 Å². The summed E-state index contributed by atoms with van der Waals surface area (Å²) in [5, 5.41) is 12.5. The van der Waals surface area contributed by atoms with E-state index in [0.717, 1.165) is 95.5 Å². The average molecular weight is 598 g/mol. The van der Waals surface area contributed by atoms with Crippen molar-refractivity contribution in [2.75, 3.05) is 11.9 Å². The Morgan fingerprint density at radius 2 is 1.98 bits per heavy atom. The second kappa shape index (κ2) is 12.3. The topological polar surface area (TPSA) is 113 Å². The average Bonchev–Trinajstić information content (AvgIpc) is 3.29. The number of aryl methyl sites for hydroxylation is 1. The van der Waals surface area contributed by atoms with Crippen LogP contribution >= 0.6 is 11.3 Å². The van der Waals surface area contributed by atoms with Gasteiger partial charge in [0.1, 0.15) is 5.25 Å². The molecule has 220 valence electrons. The van der Waals surface area contributed by atoms with Crippen LogP contribution < -0.4 is 10.6 Å². The zero-order valence-corrected chi connectivity index (χ0v) is 25.6. The van der Waals surface area contributed by atoms with Crippen molar-refractivity contribution in [1.82, 2.24) is 20.1 Å². The Morgan fingerprint density at radius 1 is 1.17 bits per heavy atom. The number of hydrogen-bond acceptors (Lipinski definition) is 8. The highest BCUT2D eigenvalue weighted by atomic mass is 32.2. The maximum absolute atomic E-state index is 13.5. The summed E-state index contributed by atoms with van der Waals surface area (Å²) in [7, 11) is 0. The SMILES string of the molecule is Cc1cc(Nc2ccc(-c3cnc(C4CCC(NC(=O)OC(C)C)CC4)s3)c([S+]([O-])C3CC3)c2)nn1C1CCCO1. The smallest absolute Gasteiger partial charge is 0.407 e. The van der Waals surface area contributed by atoms with Gasteiger partial charge in [0.15, 0.2) is 16.9 Å². The number of thiazole rings is 1. The highest BCUT2D eigenvalue weighted by Gasteiger charge is 2.38. The van der Waals surface area contributed by atoms with E-state index >= 15 is 0 Å². The summed E-state index contributed by atoms with van der Waals surface area (Å²) in [5.41, 5.74) is 2.92. The number of aromatic nitrogens is 3. The minimum atomic E-state index is -1.07. The summed E-state index contributed by atoms with van der Waals surface area (Å²) in [6.07, 6.45) is 9.28. The lowest BCUT2D eigenvalue weighted by molar-refractivity contribution is 0.0453. The van der Waals surface area contributed by atoms with Gasteiger partial charge in [0.2, 0.25) is 0 Å². The Morgan fingerprint density at radius 3 is 2.68 bits per heavy atom. The maximum Gasteiger partial charge on any atom is 0.407 e. The van der Waals surface area contributed by atoms with Crippen LogP contribution in [0.5, 0.6) is 0 Å². The van der Waals surface area contributed by atoms with Gasteiger partial charge in [-0.2, -0.15) is 5.10 Å². The molecule has 1 amide bonds. The molecule has 1 aliphatic heterocycles. The third kappa shape index (κ3) is 6.74. The summed E-state index contributed by atoms with van der Waals surface area (Å²) < 4.78 is 26.5. The van der Waals surface area contributed by atoms with E-state index in [1.165, 1.54) is 0 Å². The van der Waals surface area contributed by atoms with Crippen LogP contribution in [0.3, 0.4) is 0 Å². The number of ether oxygens (including phenoxy) is 2. The van der Waals surface area contributed by atoms with Gasteiger partial charge in [-0.1, -0.05) is 0 Å². The van der Waals surface area contributed by atoms with Gasteiger partial charge in [-0.3, -0.25) is 0 Å². The molecule has 0 spiro atoms. The fraction of sp³-hybridized carbons (Fsp3) is 0.567. The van der Waals surface area contributed by atoms with Crippen LogP contribution in [-0.2, 0) is 20.6 Å². The zero-order chi connectivity index (χ0) is 28.5. The van der Waals surface area contributed by atoms with Gasteiger partial charge in [-0.25, -0.2) is 14.5 Å². The Hall–Kier alpha value is -2.60. The molecule has 3 aromatic rings. The van der Waals surface area contributed by atoms with Gasteiger partial charge in [-0.05, 0) is 82.6 Å². The van der Waals surface area contributed by atoms with Crippen LogP contribution in [0.1, 0.15) is 88.1 Å². The molecule has 3 heterocycles. The number of alkyl carbamates (subject to hydrolysis) is 1. The van der Waals surface area contributed by atoms with Gasteiger partial charge >= 0.3 is 6.09 Å². The first-order chi connectivity index (χ1) is 19.8. The molecular formula is C30H39N5O4S2. The Labute approximate surface area is 248 Å². The lowest BCUT2D eigenvalue weighted by Crippen LogP contribution is -2.38. The zero-order valence-electron chi connectivity index (χ0n) is 23.9. The van der Waals surface area contributed by atoms with Crippen LogP contribution in [0.2, 0.25) is 0 Å². The van der Waals surface area contributed by atoms with E-state index in [-0.39, 0.29) is 29.7 Å². The van der Waals surface area contributed by atoms with E-state index in [1.54, 1.807) is 11.3 Å². The van der Waals surface area contributed by atoms with E-state index < -0.39 is 11.2 Å². The molecule has 0 radical (unpaired) electrons. The van der Waals surface area contributed by atoms with Crippen molar-refractivity contribution < 1.29 is 18.8 Å². The van der Waals surface area contributed by atoms with Crippen molar-refractivity contribution in [2.45, 2.75) is 107 Å². The van der Waals surface area contributed by atoms with Crippen LogP contribution in [0.15, 0.2) is 35.4 Å². The third-order valence-electron chi connectivity index (χ3n) is 7.93. The second-order valence-corrected chi connectivity index (χ2v) is 14.4. The summed E-state index contributed by atoms with van der Waals surface area (Å²) in [6, 6.07) is 8.30. The summed E-state index contributed by atoms with van der Waals surface area (Å²) in [5.74, 6) is 1.13.